The molecule has 0 spiro atoms. The van der Waals surface area contributed by atoms with Crippen LogP contribution in [0.2, 0.25) is 0 Å². The summed E-state index contributed by atoms with van der Waals surface area (Å²) in [7, 11) is 10.2. The van der Waals surface area contributed by atoms with Crippen LogP contribution in [0.1, 0.15) is 48.5 Å². The van der Waals surface area contributed by atoms with Crippen molar-refractivity contribution in [2.45, 2.75) is 61.0 Å². The van der Waals surface area contributed by atoms with Gasteiger partial charge < -0.3 is 76.2 Å². The molecule has 0 unspecified atom stereocenters. The molecule has 21 nitrogen and oxygen atoms in total. The molecule has 1 aliphatic rings. The van der Waals surface area contributed by atoms with Crippen LogP contribution in [0.25, 0.3) is 0 Å². The van der Waals surface area contributed by atoms with E-state index in [0.29, 0.717) is 39.8 Å². The highest BCUT2D eigenvalue weighted by Crippen LogP contribution is 1.92. The first kappa shape index (κ1) is 63.9. The van der Waals surface area contributed by atoms with Gasteiger partial charge in [-0.3, -0.25) is 0 Å². The van der Waals surface area contributed by atoms with Crippen molar-refractivity contribution in [2.24, 2.45) is 0 Å². The molecule has 1 heterocycles. The van der Waals surface area contributed by atoms with Gasteiger partial charge in [-0.2, -0.15) is 0 Å². The summed E-state index contributed by atoms with van der Waals surface area (Å²) in [6.07, 6.45) is -2.41. The predicted octanol–water partition coefficient (Wildman–Crippen LogP) is 5.66. The van der Waals surface area contributed by atoms with Gasteiger partial charge in [0.1, 0.15) is 26.6 Å². The maximum Gasteiger partial charge on any atom is 0.508 e. The van der Waals surface area contributed by atoms with Gasteiger partial charge in [-0.05, 0) is 48.5 Å². The van der Waals surface area contributed by atoms with E-state index < -0.39 is 30.8 Å². The first-order valence-corrected chi connectivity index (χ1v) is 15.8. The van der Waals surface area contributed by atoms with E-state index in [0.717, 1.165) is 13.2 Å². The molecule has 0 amide bonds. The van der Waals surface area contributed by atoms with Gasteiger partial charge in [0.25, 0.3) is 0 Å². The van der Waals surface area contributed by atoms with Gasteiger partial charge in [0.05, 0.1) is 41.2 Å². The van der Waals surface area contributed by atoms with Gasteiger partial charge in [0.2, 0.25) is 0 Å². The fourth-order valence-corrected chi connectivity index (χ4v) is 1.69. The summed E-state index contributed by atoms with van der Waals surface area (Å²) < 4.78 is 66.4. The number of carbonyl (C=O) groups is 5. The molecule has 0 bridgehead atoms. The number of cyclic esters (lactones) is 2. The fourth-order valence-electron chi connectivity index (χ4n) is 1.69. The van der Waals surface area contributed by atoms with Crippen molar-refractivity contribution in [3.8, 4) is 0 Å². The molecule has 1 saturated heterocycles. The summed E-state index contributed by atoms with van der Waals surface area (Å²) >= 11 is 0. The van der Waals surface area contributed by atoms with Crippen LogP contribution < -0.4 is 0 Å². The molecule has 320 valence electrons. The lowest BCUT2D eigenvalue weighted by Gasteiger charge is -2.09. The van der Waals surface area contributed by atoms with E-state index in [1.54, 1.807) is 49.2 Å². The van der Waals surface area contributed by atoms with Crippen molar-refractivity contribution in [1.29, 1.82) is 0 Å². The molecule has 1 N–H and O–H groups in total. The molecule has 0 radical (unpaired) electrons. The van der Waals surface area contributed by atoms with E-state index in [-0.39, 0.29) is 19.2 Å². The highest BCUT2D eigenvalue weighted by molar-refractivity contribution is 5.61. The summed E-state index contributed by atoms with van der Waals surface area (Å²) in [5.41, 5.74) is 0. The van der Waals surface area contributed by atoms with Crippen LogP contribution in [0.3, 0.4) is 0 Å². The Balaban J connectivity index is -0.0000000916. The molecular formula is C32H66O21. The highest BCUT2D eigenvalue weighted by atomic mass is 16.8. The summed E-state index contributed by atoms with van der Waals surface area (Å²) in [4.78, 5) is 49.2. The van der Waals surface area contributed by atoms with Crippen molar-refractivity contribution >= 4 is 30.8 Å². The van der Waals surface area contributed by atoms with Crippen LogP contribution in [0.5, 0.6) is 0 Å². The van der Waals surface area contributed by atoms with Crippen LogP contribution in [-0.4, -0.2) is 158 Å². The number of methoxy groups -OCH3 is 7. The number of carboxylic acid groups (broad SMARTS) is 1. The summed E-state index contributed by atoms with van der Waals surface area (Å²) in [5, 5.41) is 7.77. The molecule has 1 rings (SSSR count). The number of hydrogen-bond donors (Lipinski definition) is 1. The minimum atomic E-state index is -1.26. The van der Waals surface area contributed by atoms with Crippen LogP contribution in [0.15, 0.2) is 12.7 Å². The second-order valence-electron chi connectivity index (χ2n) is 7.69. The van der Waals surface area contributed by atoms with Gasteiger partial charge >= 0.3 is 30.8 Å². The van der Waals surface area contributed by atoms with Crippen LogP contribution in [-0.2, 0) is 71.1 Å². The van der Waals surface area contributed by atoms with E-state index in [4.69, 9.17) is 14.6 Å². The van der Waals surface area contributed by atoms with Crippen LogP contribution >= 0.6 is 0 Å². The molecule has 0 aromatic heterocycles. The Bertz CT molecular complexity index is 746. The topological polar surface area (TPSA) is 244 Å². The molecule has 0 aromatic rings. The Kier molecular flexibility index (Phi) is 72.3. The number of ether oxygens (including phenoxy) is 15. The predicted molar refractivity (Wildman–Crippen MR) is 189 cm³/mol. The number of hydrogen-bond acceptors (Lipinski definition) is 20. The van der Waals surface area contributed by atoms with Gasteiger partial charge in [-0.15, -0.1) is 0 Å². The second-order valence-corrected chi connectivity index (χ2v) is 7.69. The molecule has 0 aliphatic carbocycles. The van der Waals surface area contributed by atoms with E-state index in [1.165, 1.54) is 27.4 Å². The third kappa shape index (κ3) is 87.8. The Morgan fingerprint density at radius 2 is 1.02 bits per heavy atom. The summed E-state index contributed by atoms with van der Waals surface area (Å²) in [6, 6.07) is 0. The van der Waals surface area contributed by atoms with Gasteiger partial charge in [-0.1, -0.05) is 12.7 Å². The van der Waals surface area contributed by atoms with Gasteiger partial charge in [-0.25, -0.2) is 24.0 Å². The molecule has 0 saturated carbocycles. The van der Waals surface area contributed by atoms with Crippen molar-refractivity contribution < 1.29 is 100 Å². The average Bonchev–Trinajstić information content (AvgIpc) is 3.63. The molecule has 21 heteroatoms. The Morgan fingerprint density at radius 1 is 0.642 bits per heavy atom. The number of carbonyl (C=O) groups excluding carboxylic acids is 4. The minimum absolute atomic E-state index is 0.0370. The molecule has 0 atom stereocenters. The quantitative estimate of drug-likeness (QED) is 0.102. The standard InChI is InChI=1S/C6H14O2.C5H10O3.C4H8O3.C4H6O3.C4H10O2.C3H4O3.C3H6O3.C3H8O2/c1-4-7-6(3)8-5-2;1-3-7-5(6)8-4-2;1-3-7-4(5)6-2;1-2-3-7-4(5)6;1-4(5-2)6-3;4-3-5-1-2-6-3;1-5-3(4)6-2;1-4-3-5-2/h6H,4-5H2,1-3H3;3-4H2,1-2H3;3H2,1-2H3;2H,1,3H2,(H,5,6);4H,1-3H3;1-2H2;1-2H3;3H2,1-2H3. The Morgan fingerprint density at radius 3 is 1.15 bits per heavy atom. The normalized spacial score (nSPS) is 9.77. The Hall–Kier alpha value is -4.15. The van der Waals surface area contributed by atoms with E-state index >= 15 is 0 Å². The third-order valence-corrected chi connectivity index (χ3v) is 3.84. The lowest BCUT2D eigenvalue weighted by molar-refractivity contribution is -0.123. The maximum absolute atomic E-state index is 10.2. The smallest absolute Gasteiger partial charge is 0.450 e. The fraction of sp³-hybridized carbons (Fsp3) is 0.781. The van der Waals surface area contributed by atoms with E-state index in [1.807, 2.05) is 27.7 Å². The van der Waals surface area contributed by atoms with E-state index in [2.05, 4.69) is 68.2 Å². The zero-order chi connectivity index (χ0) is 42.7. The lowest BCUT2D eigenvalue weighted by atomic mass is 10.7. The van der Waals surface area contributed by atoms with E-state index in [9.17, 15) is 24.0 Å². The average molecular weight is 787 g/mol. The third-order valence-electron chi connectivity index (χ3n) is 3.84. The molecule has 1 aliphatic heterocycles. The second kappa shape index (κ2) is 60.0. The minimum Gasteiger partial charge on any atom is -0.450 e. The van der Waals surface area contributed by atoms with Crippen molar-refractivity contribution in [2.75, 3.05) is 109 Å². The largest absolute Gasteiger partial charge is 0.508 e. The first-order valence-electron chi connectivity index (χ1n) is 15.8. The zero-order valence-corrected chi connectivity index (χ0v) is 33.9. The molecule has 1 fully saturated rings. The summed E-state index contributed by atoms with van der Waals surface area (Å²) in [5.74, 6) is 0. The van der Waals surface area contributed by atoms with Crippen molar-refractivity contribution in [3.05, 3.63) is 12.7 Å². The lowest BCUT2D eigenvalue weighted by Crippen LogP contribution is -2.11. The molecule has 0 aromatic carbocycles. The maximum atomic E-state index is 10.2. The first-order chi connectivity index (χ1) is 25.1. The van der Waals surface area contributed by atoms with Crippen LogP contribution in [0, 0.1) is 0 Å². The number of rotatable bonds is 13. The monoisotopic (exact) mass is 786 g/mol. The highest BCUT2D eigenvalue weighted by Gasteiger charge is 2.09. The SMILES string of the molecule is C=CCOC(=O)O.CCOC(=O)OC.CCOC(=O)OCC.CCOC(C)OCC.COC(=O)OC.COC(C)OC.COCOC.O=C1OCCO1. The Labute approximate surface area is 314 Å². The zero-order valence-electron chi connectivity index (χ0n) is 33.9. The molecule has 53 heavy (non-hydrogen) atoms. The van der Waals surface area contributed by atoms with Crippen molar-refractivity contribution in [1.82, 2.24) is 0 Å². The van der Waals surface area contributed by atoms with Gasteiger partial charge in [0, 0.05) is 41.7 Å². The van der Waals surface area contributed by atoms with Crippen molar-refractivity contribution in [3.63, 3.8) is 0 Å². The van der Waals surface area contributed by atoms with Gasteiger partial charge in [0.15, 0.2) is 12.6 Å². The van der Waals surface area contributed by atoms with Crippen LogP contribution in [0.4, 0.5) is 24.0 Å². The molecular weight excluding hydrogens is 720 g/mol. The summed E-state index contributed by atoms with van der Waals surface area (Å²) in [6.45, 7) is 19.9.